The van der Waals surface area contributed by atoms with Gasteiger partial charge in [0, 0.05) is 0 Å². The molecule has 0 atom stereocenters. The van der Waals surface area contributed by atoms with Crippen LogP contribution in [0.1, 0.15) is 155 Å². The number of unbranched alkanes of at least 4 members (excludes halogenated alkanes) is 20. The second-order valence-corrected chi connectivity index (χ2v) is 10.2. The summed E-state index contributed by atoms with van der Waals surface area (Å²) in [6.45, 7) is 6.71. The van der Waals surface area contributed by atoms with Crippen LogP contribution >= 0.6 is 12.2 Å². The van der Waals surface area contributed by atoms with Crippen LogP contribution in [-0.4, -0.2) is 23.2 Å². The molecule has 0 spiro atoms. The molecular weight excluding hydrogens is 482 g/mol. The van der Waals surface area contributed by atoms with Crippen molar-refractivity contribution >= 4 is 17.4 Å². The quantitative estimate of drug-likeness (QED) is 0.0692. The van der Waals surface area contributed by atoms with E-state index < -0.39 is 0 Å². The molecule has 185 valence electrons. The molecule has 0 bridgehead atoms. The molecule has 0 saturated heterocycles. The summed E-state index contributed by atoms with van der Waals surface area (Å²) in [6.07, 6.45) is 30.7. The Morgan fingerprint density at radius 2 is 0.774 bits per heavy atom. The molecule has 4 heteroatoms. The van der Waals surface area contributed by atoms with Crippen molar-refractivity contribution in [1.29, 1.82) is 0 Å². The van der Waals surface area contributed by atoms with E-state index >= 15 is 0 Å². The van der Waals surface area contributed by atoms with E-state index in [2.05, 4.69) is 18.7 Å². The van der Waals surface area contributed by atoms with Gasteiger partial charge in [-0.25, -0.2) is 0 Å². The van der Waals surface area contributed by atoms with Gasteiger partial charge in [-0.15, -0.1) is 0 Å². The van der Waals surface area contributed by atoms with Crippen LogP contribution < -0.4 is 0 Å². The van der Waals surface area contributed by atoms with Crippen LogP contribution in [-0.2, 0) is 23.6 Å². The van der Waals surface area contributed by atoms with E-state index in [4.69, 9.17) is 15.6 Å². The van der Waals surface area contributed by atoms with Crippen LogP contribution in [0.5, 0.6) is 0 Å². The van der Waals surface area contributed by atoms with Gasteiger partial charge >= 0.3 is 156 Å². The van der Waals surface area contributed by atoms with Crippen LogP contribution in [0.4, 0.5) is 0 Å². The van der Waals surface area contributed by atoms with Crippen molar-refractivity contribution in [2.75, 3.05) is 13.1 Å². The molecule has 0 aliphatic rings. The van der Waals surface area contributed by atoms with Crippen LogP contribution in [0.3, 0.4) is 0 Å². The zero-order chi connectivity index (χ0) is 22.8. The third-order valence-electron chi connectivity index (χ3n) is 6.39. The Morgan fingerprint density at radius 3 is 1.03 bits per heavy atom. The summed E-state index contributed by atoms with van der Waals surface area (Å²) in [4.78, 5) is 2.29. The Bertz CT molecular complexity index is 367. The summed E-state index contributed by atoms with van der Waals surface area (Å²) >= 11 is 7.05. The molecule has 0 N–H and O–H groups in total. The molecule has 0 aromatic rings. The first-order chi connectivity index (χ1) is 15.3. The molecule has 31 heavy (non-hydrogen) atoms. The summed E-state index contributed by atoms with van der Waals surface area (Å²) in [6, 6.07) is 0. The van der Waals surface area contributed by atoms with Gasteiger partial charge < -0.3 is 0 Å². The Balaban J connectivity index is 3.45. The molecule has 0 heterocycles. The average Bonchev–Trinajstić information content (AvgIpc) is 2.79. The normalized spacial score (nSPS) is 11.0. The second-order valence-electron chi connectivity index (χ2n) is 9.41. The Kier molecular flexibility index (Phi) is 27.0. The summed E-state index contributed by atoms with van der Waals surface area (Å²) in [7, 11) is 0. The van der Waals surface area contributed by atoms with E-state index in [-0.39, 0.29) is 0 Å². The first kappa shape index (κ1) is 31.4. The van der Waals surface area contributed by atoms with Crippen molar-refractivity contribution < 1.29 is 23.6 Å². The molecule has 0 unspecified atom stereocenters. The van der Waals surface area contributed by atoms with Gasteiger partial charge in [0.25, 0.3) is 0 Å². The van der Waals surface area contributed by atoms with Crippen LogP contribution in [0.15, 0.2) is 0 Å². The van der Waals surface area contributed by atoms with Crippen molar-refractivity contribution in [3.8, 4) is 0 Å². The third kappa shape index (κ3) is 23.3. The van der Waals surface area contributed by atoms with E-state index in [9.17, 15) is 0 Å². The molecule has 0 aliphatic carbocycles. The van der Waals surface area contributed by atoms with Gasteiger partial charge in [0.05, 0.1) is 0 Å². The Labute approximate surface area is 213 Å². The first-order valence-corrected chi connectivity index (χ1v) is 15.1. The predicted octanol–water partition coefficient (Wildman–Crippen LogP) is 9.67. The molecule has 0 aromatic heterocycles. The summed E-state index contributed by atoms with van der Waals surface area (Å²) in [5.41, 5.74) is 0. The third-order valence-corrected chi connectivity index (χ3v) is 7.40. The van der Waals surface area contributed by atoms with E-state index in [0.29, 0.717) is 5.17 Å². The van der Waals surface area contributed by atoms with Crippen molar-refractivity contribution in [3.63, 3.8) is 0 Å². The zero-order valence-electron chi connectivity index (χ0n) is 21.1. The molecule has 0 radical (unpaired) electrons. The van der Waals surface area contributed by atoms with Crippen LogP contribution in [0.2, 0.25) is 0 Å². The zero-order valence-corrected chi connectivity index (χ0v) is 24.0. The number of hydrogen-bond acceptors (Lipinski definition) is 2. The Morgan fingerprint density at radius 1 is 0.516 bits per heavy atom. The molecule has 0 fully saturated rings. The minimum atomic E-state index is 0.694. The standard InChI is InChI=1S/C27H55NOS.Mo/c1-3-5-7-9-11-12-13-14-15-16-17-18-19-20-22-24-26-28(27(29)30)25-23-21-10-8-6-4-2;/h3-26H2,1-2H3,(H,29,30);/q;+1/p-1. The number of hydrogen-bond donors (Lipinski definition) is 0. The fraction of sp³-hybridized carbons (Fsp3) is 0.963. The van der Waals surface area contributed by atoms with Crippen LogP contribution in [0, 0.1) is 0 Å². The van der Waals surface area contributed by atoms with E-state index in [0.717, 1.165) is 13.1 Å². The van der Waals surface area contributed by atoms with Crippen LogP contribution in [0.25, 0.3) is 0 Å². The minimum absolute atomic E-state index is 0.694. The van der Waals surface area contributed by atoms with Crippen molar-refractivity contribution in [2.24, 2.45) is 0 Å². The predicted molar refractivity (Wildman–Crippen MR) is 138 cm³/mol. The molecule has 0 amide bonds. The number of rotatable bonds is 24. The van der Waals surface area contributed by atoms with E-state index in [1.807, 2.05) is 0 Å². The molecule has 0 rings (SSSR count). The molecule has 0 aliphatic heterocycles. The fourth-order valence-corrected chi connectivity index (χ4v) is 4.72. The molecule has 0 aromatic carbocycles. The molecule has 0 saturated carbocycles. The van der Waals surface area contributed by atoms with Gasteiger partial charge in [0.1, 0.15) is 0 Å². The SMILES string of the molecule is CCCCCCCCCCCCCCCCCCN(CCCCCCCC)C(=S)[O][Mo]. The molecule has 2 nitrogen and oxygen atoms in total. The van der Waals surface area contributed by atoms with Crippen molar-refractivity contribution in [2.45, 2.75) is 155 Å². The van der Waals surface area contributed by atoms with Gasteiger partial charge in [0.2, 0.25) is 0 Å². The van der Waals surface area contributed by atoms with E-state index in [1.54, 1.807) is 20.2 Å². The number of thiocarbonyl (C=S) groups is 1. The fourth-order valence-electron chi connectivity index (χ4n) is 4.28. The van der Waals surface area contributed by atoms with E-state index in [1.165, 1.54) is 141 Å². The molecular formula is C27H54MoNOS. The Hall–Kier alpha value is 0.378. The maximum absolute atomic E-state index is 5.41. The van der Waals surface area contributed by atoms with Crippen molar-refractivity contribution in [3.05, 3.63) is 0 Å². The van der Waals surface area contributed by atoms with Gasteiger partial charge in [-0.3, -0.25) is 0 Å². The summed E-state index contributed by atoms with van der Waals surface area (Å²) in [5.74, 6) is 0. The van der Waals surface area contributed by atoms with Gasteiger partial charge in [0.15, 0.2) is 0 Å². The average molecular weight is 537 g/mol. The summed E-state index contributed by atoms with van der Waals surface area (Å²) in [5, 5.41) is 0.694. The maximum atomic E-state index is 5.41. The van der Waals surface area contributed by atoms with Gasteiger partial charge in [-0.2, -0.15) is 0 Å². The summed E-state index contributed by atoms with van der Waals surface area (Å²) < 4.78 is 5.35. The number of nitrogens with zero attached hydrogens (tertiary/aromatic N) is 1. The monoisotopic (exact) mass is 538 g/mol. The van der Waals surface area contributed by atoms with Gasteiger partial charge in [-0.05, 0) is 0 Å². The first-order valence-electron chi connectivity index (χ1n) is 13.8. The van der Waals surface area contributed by atoms with Gasteiger partial charge in [-0.1, -0.05) is 58.3 Å². The van der Waals surface area contributed by atoms with Crippen molar-refractivity contribution in [1.82, 2.24) is 4.90 Å². The topological polar surface area (TPSA) is 12.5 Å². The second kappa shape index (κ2) is 26.6.